The molecule has 1 aromatic rings. The Labute approximate surface area is 77.3 Å². The fourth-order valence-corrected chi connectivity index (χ4v) is 1.99. The smallest absolute Gasteiger partial charge is 0.220 e. The monoisotopic (exact) mass is 197 g/mol. The lowest BCUT2D eigenvalue weighted by atomic mass is 10.2. The summed E-state index contributed by atoms with van der Waals surface area (Å²) in [5.74, 6) is 0.587. The third-order valence-corrected chi connectivity index (χ3v) is 2.91. The van der Waals surface area contributed by atoms with Gasteiger partial charge in [0.25, 0.3) is 0 Å². The lowest BCUT2D eigenvalue weighted by molar-refractivity contribution is 0.388. The SMILES string of the molecule is FCP1COC(c2ccccc2)=N1. The number of ether oxygens (including phenoxy) is 1. The van der Waals surface area contributed by atoms with Crippen LogP contribution < -0.4 is 0 Å². The summed E-state index contributed by atoms with van der Waals surface area (Å²) >= 11 is 0. The average Bonchev–Trinajstić information content (AvgIpc) is 2.67. The van der Waals surface area contributed by atoms with Crippen molar-refractivity contribution in [1.29, 1.82) is 0 Å². The standard InChI is InChI=1S/C9H9FNOP/c10-6-13-7-12-9(11-13)8-4-2-1-3-5-8/h1-5H,6-7H2. The van der Waals surface area contributed by atoms with E-state index in [-0.39, 0.29) is 6.42 Å². The Hall–Kier alpha value is -0.950. The van der Waals surface area contributed by atoms with Gasteiger partial charge in [0.05, 0.1) is 8.07 Å². The summed E-state index contributed by atoms with van der Waals surface area (Å²) in [4.78, 5) is 0. The quantitative estimate of drug-likeness (QED) is 0.668. The number of hydrogen-bond acceptors (Lipinski definition) is 2. The molecule has 0 saturated heterocycles. The van der Waals surface area contributed by atoms with Crippen LogP contribution in [0.2, 0.25) is 0 Å². The molecule has 2 nitrogen and oxygen atoms in total. The van der Waals surface area contributed by atoms with Crippen LogP contribution >= 0.6 is 8.07 Å². The molecule has 0 saturated carbocycles. The summed E-state index contributed by atoms with van der Waals surface area (Å²) < 4.78 is 21.7. The van der Waals surface area contributed by atoms with Gasteiger partial charge in [-0.3, -0.25) is 0 Å². The lowest BCUT2D eigenvalue weighted by Gasteiger charge is -1.98. The molecule has 1 aliphatic rings. The fourth-order valence-electron chi connectivity index (χ4n) is 1.10. The van der Waals surface area contributed by atoms with E-state index in [1.54, 1.807) is 0 Å². The van der Waals surface area contributed by atoms with Gasteiger partial charge in [-0.15, -0.1) is 0 Å². The normalized spacial score (nSPS) is 21.0. The third kappa shape index (κ3) is 1.86. The van der Waals surface area contributed by atoms with Gasteiger partial charge >= 0.3 is 0 Å². The van der Waals surface area contributed by atoms with Crippen LogP contribution in [0.25, 0.3) is 0 Å². The van der Waals surface area contributed by atoms with Crippen molar-refractivity contribution >= 4 is 14.0 Å². The molecular formula is C9H9FNOP. The zero-order valence-corrected chi connectivity index (χ0v) is 7.88. The van der Waals surface area contributed by atoms with Gasteiger partial charge in [0.15, 0.2) is 0 Å². The first kappa shape index (κ1) is 8.64. The first-order valence-corrected chi connectivity index (χ1v) is 5.64. The zero-order valence-electron chi connectivity index (χ0n) is 6.98. The van der Waals surface area contributed by atoms with Crippen LogP contribution in [0.15, 0.2) is 35.1 Å². The van der Waals surface area contributed by atoms with Gasteiger partial charge in [-0.05, 0) is 12.1 Å². The molecule has 0 aromatic heterocycles. The van der Waals surface area contributed by atoms with Gasteiger partial charge in [-0.25, -0.2) is 9.15 Å². The Bertz CT molecular complexity index is 315. The predicted octanol–water partition coefficient (Wildman–Crippen LogP) is 2.74. The first-order valence-electron chi connectivity index (χ1n) is 3.98. The molecule has 1 atom stereocenters. The second kappa shape index (κ2) is 3.84. The van der Waals surface area contributed by atoms with Gasteiger partial charge in [-0.2, -0.15) is 0 Å². The third-order valence-electron chi connectivity index (χ3n) is 1.74. The highest BCUT2D eigenvalue weighted by Gasteiger charge is 2.19. The topological polar surface area (TPSA) is 21.6 Å². The molecule has 4 heteroatoms. The molecule has 1 aliphatic heterocycles. The Morgan fingerprint density at radius 2 is 2.15 bits per heavy atom. The molecule has 0 N–H and O–H groups in total. The number of hydrogen-bond donors (Lipinski definition) is 0. The van der Waals surface area contributed by atoms with Crippen molar-refractivity contribution in [3.63, 3.8) is 0 Å². The number of alkyl halides is 1. The summed E-state index contributed by atoms with van der Waals surface area (Å²) in [5, 5.41) is 0. The van der Waals surface area contributed by atoms with Gasteiger partial charge in [-0.1, -0.05) is 18.2 Å². The van der Waals surface area contributed by atoms with Crippen molar-refractivity contribution in [3.8, 4) is 0 Å². The summed E-state index contributed by atoms with van der Waals surface area (Å²) in [6.07, 6.45) is 0.0434. The fraction of sp³-hybridized carbons (Fsp3) is 0.222. The molecule has 68 valence electrons. The lowest BCUT2D eigenvalue weighted by Crippen LogP contribution is -1.99. The summed E-state index contributed by atoms with van der Waals surface area (Å²) in [7, 11) is -0.907. The largest absolute Gasteiger partial charge is 0.471 e. The van der Waals surface area contributed by atoms with E-state index in [1.807, 2.05) is 30.3 Å². The molecule has 0 amide bonds. The molecule has 0 spiro atoms. The minimum atomic E-state index is -0.907. The van der Waals surface area contributed by atoms with E-state index in [9.17, 15) is 4.39 Å². The van der Waals surface area contributed by atoms with E-state index in [0.29, 0.717) is 12.2 Å². The second-order valence-electron chi connectivity index (χ2n) is 2.67. The maximum absolute atomic E-state index is 12.2. The number of rotatable bonds is 2. The van der Waals surface area contributed by atoms with Crippen molar-refractivity contribution in [3.05, 3.63) is 35.9 Å². The average molecular weight is 197 g/mol. The number of halogens is 1. The van der Waals surface area contributed by atoms with Gasteiger partial charge < -0.3 is 4.74 Å². The molecule has 0 aliphatic carbocycles. The van der Waals surface area contributed by atoms with E-state index in [1.165, 1.54) is 0 Å². The van der Waals surface area contributed by atoms with Crippen LogP contribution in [-0.2, 0) is 4.74 Å². The highest BCUT2D eigenvalue weighted by atomic mass is 31.1. The van der Waals surface area contributed by atoms with Crippen LogP contribution in [0.5, 0.6) is 0 Å². The van der Waals surface area contributed by atoms with Gasteiger partial charge in [0, 0.05) is 5.56 Å². The maximum atomic E-state index is 12.2. The van der Waals surface area contributed by atoms with E-state index in [0.717, 1.165) is 5.56 Å². The van der Waals surface area contributed by atoms with Gasteiger partial charge in [0.2, 0.25) is 5.90 Å². The molecule has 1 aromatic carbocycles. The minimum absolute atomic E-state index is 0.383. The molecule has 0 radical (unpaired) electrons. The molecule has 2 rings (SSSR count). The molecule has 1 unspecified atom stereocenters. The van der Waals surface area contributed by atoms with Crippen molar-refractivity contribution in [2.45, 2.75) is 0 Å². The summed E-state index contributed by atoms with van der Waals surface area (Å²) in [5.41, 5.74) is 0.931. The maximum Gasteiger partial charge on any atom is 0.220 e. The van der Waals surface area contributed by atoms with Crippen LogP contribution in [-0.4, -0.2) is 18.7 Å². The van der Waals surface area contributed by atoms with Crippen LogP contribution in [0.4, 0.5) is 4.39 Å². The number of benzene rings is 1. The Balaban J connectivity index is 2.19. The minimum Gasteiger partial charge on any atom is -0.471 e. The molecule has 0 fully saturated rings. The van der Waals surface area contributed by atoms with Crippen molar-refractivity contribution in [1.82, 2.24) is 0 Å². The Kier molecular flexibility index (Phi) is 2.55. The number of nitrogens with zero attached hydrogens (tertiary/aromatic N) is 1. The molecule has 1 heterocycles. The molecular weight excluding hydrogens is 188 g/mol. The Morgan fingerprint density at radius 3 is 2.77 bits per heavy atom. The van der Waals surface area contributed by atoms with Gasteiger partial charge in [0.1, 0.15) is 12.8 Å². The zero-order chi connectivity index (χ0) is 9.10. The van der Waals surface area contributed by atoms with E-state index < -0.39 is 8.07 Å². The van der Waals surface area contributed by atoms with Crippen LogP contribution in [0, 0.1) is 0 Å². The van der Waals surface area contributed by atoms with Crippen molar-refractivity contribution in [2.75, 3.05) is 12.8 Å². The van der Waals surface area contributed by atoms with Crippen LogP contribution in [0.1, 0.15) is 5.56 Å². The molecule has 13 heavy (non-hydrogen) atoms. The van der Waals surface area contributed by atoms with E-state index >= 15 is 0 Å². The highest BCUT2D eigenvalue weighted by molar-refractivity contribution is 7.56. The van der Waals surface area contributed by atoms with Crippen molar-refractivity contribution in [2.24, 2.45) is 4.76 Å². The van der Waals surface area contributed by atoms with E-state index in [4.69, 9.17) is 4.74 Å². The van der Waals surface area contributed by atoms with Crippen LogP contribution in [0.3, 0.4) is 0 Å². The summed E-state index contributed by atoms with van der Waals surface area (Å²) in [6.45, 7) is 0. The first-order chi connectivity index (χ1) is 6.40. The van der Waals surface area contributed by atoms with Crippen molar-refractivity contribution < 1.29 is 9.13 Å². The Morgan fingerprint density at radius 1 is 1.38 bits per heavy atom. The highest BCUT2D eigenvalue weighted by Crippen LogP contribution is 2.42. The van der Waals surface area contributed by atoms with E-state index in [2.05, 4.69) is 4.76 Å². The molecule has 0 bridgehead atoms. The second-order valence-corrected chi connectivity index (χ2v) is 4.38. The summed E-state index contributed by atoms with van der Waals surface area (Å²) in [6, 6.07) is 9.58. The predicted molar refractivity (Wildman–Crippen MR) is 51.8 cm³/mol.